The molecule has 0 saturated heterocycles. The molecule has 0 aliphatic rings. The molecule has 0 unspecified atom stereocenters. The maximum absolute atomic E-state index is 11.4. The summed E-state index contributed by atoms with van der Waals surface area (Å²) >= 11 is 0. The van der Waals surface area contributed by atoms with Gasteiger partial charge in [-0.3, -0.25) is 4.79 Å². The number of carboxylic acid groups (broad SMARTS) is 1. The SMILES string of the molecule is O=C(O)[C@H](CCCCc1ccccc1)Cc1ccc(O)cc1. The number of aromatic hydroxyl groups is 1. The normalized spacial score (nSPS) is 12.0. The van der Waals surface area contributed by atoms with Crippen LogP contribution in [0.3, 0.4) is 0 Å². The van der Waals surface area contributed by atoms with Crippen LogP contribution in [0, 0.1) is 5.92 Å². The van der Waals surface area contributed by atoms with Crippen LogP contribution < -0.4 is 0 Å². The van der Waals surface area contributed by atoms with Gasteiger partial charge >= 0.3 is 5.97 Å². The van der Waals surface area contributed by atoms with Gasteiger partial charge in [-0.1, -0.05) is 48.9 Å². The minimum absolute atomic E-state index is 0.207. The van der Waals surface area contributed by atoms with Gasteiger partial charge in [0.15, 0.2) is 0 Å². The summed E-state index contributed by atoms with van der Waals surface area (Å²) in [6.45, 7) is 0. The Morgan fingerprint density at radius 2 is 1.59 bits per heavy atom. The molecule has 116 valence electrons. The number of aliphatic carboxylic acids is 1. The molecule has 0 radical (unpaired) electrons. The molecule has 0 amide bonds. The molecule has 2 N–H and O–H groups in total. The number of unbranched alkanes of at least 4 members (excludes halogenated alkanes) is 1. The van der Waals surface area contributed by atoms with Crippen molar-refractivity contribution >= 4 is 5.97 Å². The van der Waals surface area contributed by atoms with Gasteiger partial charge < -0.3 is 10.2 Å². The van der Waals surface area contributed by atoms with Crippen LogP contribution in [0.25, 0.3) is 0 Å². The van der Waals surface area contributed by atoms with Gasteiger partial charge in [0, 0.05) is 0 Å². The fourth-order valence-electron chi connectivity index (χ4n) is 2.59. The highest BCUT2D eigenvalue weighted by molar-refractivity contribution is 5.70. The number of hydrogen-bond donors (Lipinski definition) is 2. The summed E-state index contributed by atoms with van der Waals surface area (Å²) in [4.78, 5) is 11.4. The molecule has 3 heteroatoms. The summed E-state index contributed by atoms with van der Waals surface area (Å²) in [5.41, 5.74) is 2.25. The standard InChI is InChI=1S/C19H22O3/c20-18-12-10-16(11-13-18)14-17(19(21)22)9-5-4-8-15-6-2-1-3-7-15/h1-3,6-7,10-13,17,20H,4-5,8-9,14H2,(H,21,22)/t17-/m1/s1. The summed E-state index contributed by atoms with van der Waals surface area (Å²) in [7, 11) is 0. The molecule has 0 aliphatic carbocycles. The first kappa shape index (κ1) is 16.1. The Labute approximate surface area is 131 Å². The van der Waals surface area contributed by atoms with Crippen LogP contribution in [0.15, 0.2) is 54.6 Å². The van der Waals surface area contributed by atoms with Crippen molar-refractivity contribution in [1.29, 1.82) is 0 Å². The van der Waals surface area contributed by atoms with Crippen molar-refractivity contribution in [2.75, 3.05) is 0 Å². The molecule has 2 rings (SSSR count). The first-order valence-electron chi connectivity index (χ1n) is 7.70. The van der Waals surface area contributed by atoms with Gasteiger partial charge in [-0.15, -0.1) is 0 Å². The predicted molar refractivity (Wildman–Crippen MR) is 86.9 cm³/mol. The van der Waals surface area contributed by atoms with E-state index in [0.717, 1.165) is 24.8 Å². The third-order valence-corrected chi connectivity index (χ3v) is 3.88. The number of hydrogen-bond acceptors (Lipinski definition) is 2. The van der Waals surface area contributed by atoms with Crippen LogP contribution in [0.2, 0.25) is 0 Å². The largest absolute Gasteiger partial charge is 0.508 e. The second-order valence-corrected chi connectivity index (χ2v) is 5.64. The fraction of sp³-hybridized carbons (Fsp3) is 0.316. The topological polar surface area (TPSA) is 57.5 Å². The molecule has 3 nitrogen and oxygen atoms in total. The Hall–Kier alpha value is -2.29. The van der Waals surface area contributed by atoms with Crippen LogP contribution >= 0.6 is 0 Å². The van der Waals surface area contributed by atoms with Crippen molar-refractivity contribution in [1.82, 2.24) is 0 Å². The highest BCUT2D eigenvalue weighted by Crippen LogP contribution is 2.19. The molecule has 0 bridgehead atoms. The van der Waals surface area contributed by atoms with Gasteiger partial charge in [0.2, 0.25) is 0 Å². The number of phenolic OH excluding ortho intramolecular Hbond substituents is 1. The summed E-state index contributed by atoms with van der Waals surface area (Å²) in [6, 6.07) is 17.0. The summed E-state index contributed by atoms with van der Waals surface area (Å²) in [5, 5.41) is 18.6. The van der Waals surface area contributed by atoms with Gasteiger partial charge in [0.25, 0.3) is 0 Å². The van der Waals surface area contributed by atoms with Crippen LogP contribution in [-0.4, -0.2) is 16.2 Å². The second kappa shape index (κ2) is 8.23. The summed E-state index contributed by atoms with van der Waals surface area (Å²) in [6.07, 6.45) is 4.10. The lowest BCUT2D eigenvalue weighted by atomic mass is 9.93. The molecule has 0 aliphatic heterocycles. The average molecular weight is 298 g/mol. The van der Waals surface area contributed by atoms with E-state index >= 15 is 0 Å². The smallest absolute Gasteiger partial charge is 0.306 e. The lowest BCUT2D eigenvalue weighted by Gasteiger charge is -2.12. The van der Waals surface area contributed by atoms with E-state index in [4.69, 9.17) is 0 Å². The van der Waals surface area contributed by atoms with E-state index in [9.17, 15) is 15.0 Å². The molecular formula is C19H22O3. The van der Waals surface area contributed by atoms with Crippen molar-refractivity contribution in [2.24, 2.45) is 5.92 Å². The number of carbonyl (C=O) groups is 1. The molecule has 22 heavy (non-hydrogen) atoms. The van der Waals surface area contributed by atoms with E-state index in [0.29, 0.717) is 12.8 Å². The van der Waals surface area contributed by atoms with E-state index in [1.165, 1.54) is 5.56 Å². The molecule has 0 fully saturated rings. The van der Waals surface area contributed by atoms with E-state index < -0.39 is 5.97 Å². The Bertz CT molecular complexity index is 575. The van der Waals surface area contributed by atoms with Crippen molar-refractivity contribution in [3.63, 3.8) is 0 Å². The number of phenols is 1. The molecule has 0 aromatic heterocycles. The van der Waals surface area contributed by atoms with Gasteiger partial charge in [-0.05, 0) is 48.9 Å². The minimum Gasteiger partial charge on any atom is -0.508 e. The monoisotopic (exact) mass is 298 g/mol. The first-order valence-corrected chi connectivity index (χ1v) is 7.70. The van der Waals surface area contributed by atoms with Crippen LogP contribution in [0.4, 0.5) is 0 Å². The maximum atomic E-state index is 11.4. The number of aryl methyl sites for hydroxylation is 1. The van der Waals surface area contributed by atoms with Crippen LogP contribution in [-0.2, 0) is 17.6 Å². The van der Waals surface area contributed by atoms with Crippen LogP contribution in [0.1, 0.15) is 30.4 Å². The molecule has 0 spiro atoms. The zero-order valence-electron chi connectivity index (χ0n) is 12.6. The highest BCUT2D eigenvalue weighted by atomic mass is 16.4. The summed E-state index contributed by atoms with van der Waals surface area (Å²) < 4.78 is 0. The van der Waals surface area contributed by atoms with Crippen molar-refractivity contribution in [3.05, 3.63) is 65.7 Å². The third-order valence-electron chi connectivity index (χ3n) is 3.88. The fourth-order valence-corrected chi connectivity index (χ4v) is 2.59. The summed E-state index contributed by atoms with van der Waals surface area (Å²) in [5.74, 6) is -0.897. The van der Waals surface area contributed by atoms with Gasteiger partial charge in [0.05, 0.1) is 5.92 Å². The molecule has 1 atom stereocenters. The van der Waals surface area contributed by atoms with Crippen molar-refractivity contribution in [3.8, 4) is 5.75 Å². The number of rotatable bonds is 8. The van der Waals surface area contributed by atoms with E-state index in [1.807, 2.05) is 18.2 Å². The lowest BCUT2D eigenvalue weighted by molar-refractivity contribution is -0.142. The van der Waals surface area contributed by atoms with Crippen LogP contribution in [0.5, 0.6) is 5.75 Å². The lowest BCUT2D eigenvalue weighted by Crippen LogP contribution is -2.16. The average Bonchev–Trinajstić information content (AvgIpc) is 2.53. The van der Waals surface area contributed by atoms with E-state index in [-0.39, 0.29) is 11.7 Å². The van der Waals surface area contributed by atoms with Gasteiger partial charge in [0.1, 0.15) is 5.75 Å². The Morgan fingerprint density at radius 1 is 0.909 bits per heavy atom. The maximum Gasteiger partial charge on any atom is 0.306 e. The van der Waals surface area contributed by atoms with Crippen molar-refractivity contribution in [2.45, 2.75) is 32.1 Å². The number of benzene rings is 2. The zero-order valence-corrected chi connectivity index (χ0v) is 12.6. The highest BCUT2D eigenvalue weighted by Gasteiger charge is 2.17. The van der Waals surface area contributed by atoms with Gasteiger partial charge in [-0.25, -0.2) is 0 Å². The van der Waals surface area contributed by atoms with Gasteiger partial charge in [-0.2, -0.15) is 0 Å². The quantitative estimate of drug-likeness (QED) is 0.723. The Kier molecular flexibility index (Phi) is 6.01. The molecular weight excluding hydrogens is 276 g/mol. The Balaban J connectivity index is 1.79. The van der Waals surface area contributed by atoms with E-state index in [2.05, 4.69) is 12.1 Å². The zero-order chi connectivity index (χ0) is 15.8. The second-order valence-electron chi connectivity index (χ2n) is 5.64. The number of carboxylic acids is 1. The molecule has 2 aromatic carbocycles. The molecule has 0 heterocycles. The molecule has 2 aromatic rings. The predicted octanol–water partition coefficient (Wildman–Crippen LogP) is 4.05. The Morgan fingerprint density at radius 3 is 2.23 bits per heavy atom. The first-order chi connectivity index (χ1) is 10.6. The third kappa shape index (κ3) is 5.24. The minimum atomic E-state index is -0.743. The molecule has 0 saturated carbocycles. The van der Waals surface area contributed by atoms with E-state index in [1.54, 1.807) is 24.3 Å². The van der Waals surface area contributed by atoms with Crippen molar-refractivity contribution < 1.29 is 15.0 Å².